The van der Waals surface area contributed by atoms with Crippen LogP contribution >= 0.6 is 22.7 Å². The lowest BCUT2D eigenvalue weighted by Gasteiger charge is -2.06. The average Bonchev–Trinajstić information content (AvgIpc) is 3.98. The Labute approximate surface area is 404 Å². The molecular formula is C44H42F2N16O6S2. The third kappa shape index (κ3) is 14.5. The maximum atomic E-state index is 13.8. The zero-order valence-corrected chi connectivity index (χ0v) is 38.4. The van der Waals surface area contributed by atoms with E-state index in [1.165, 1.54) is 90.1 Å². The number of carbonyl (C=O) groups excluding carboxylic acids is 2. The minimum Gasteiger partial charge on any atom is -0.362 e. The number of nitrogens with zero attached hydrogens (tertiary/aromatic N) is 10. The summed E-state index contributed by atoms with van der Waals surface area (Å²) in [6.45, 7) is 5.17. The molecule has 0 unspecified atom stereocenters. The zero-order valence-electron chi connectivity index (χ0n) is 36.8. The summed E-state index contributed by atoms with van der Waals surface area (Å²) in [6, 6.07) is 17.7. The molecule has 0 saturated carbocycles. The second kappa shape index (κ2) is 25.6. The van der Waals surface area contributed by atoms with Crippen molar-refractivity contribution < 1.29 is 28.2 Å². The highest BCUT2D eigenvalue weighted by Crippen LogP contribution is 2.27. The van der Waals surface area contributed by atoms with Crippen molar-refractivity contribution in [3.05, 3.63) is 164 Å². The van der Waals surface area contributed by atoms with Crippen LogP contribution in [0.2, 0.25) is 0 Å². The Morgan fingerprint density at radius 1 is 0.671 bits per heavy atom. The first-order chi connectivity index (χ1) is 33.9. The zero-order chi connectivity index (χ0) is 49.8. The predicted molar refractivity (Wildman–Crippen MR) is 261 cm³/mol. The van der Waals surface area contributed by atoms with Crippen LogP contribution < -0.4 is 32.3 Å². The van der Waals surface area contributed by atoms with Gasteiger partial charge in [0.05, 0.1) is 44.3 Å². The number of nitrogens with one attached hydrogen (secondary N) is 5. The van der Waals surface area contributed by atoms with Gasteiger partial charge in [0.15, 0.2) is 11.6 Å². The summed E-state index contributed by atoms with van der Waals surface area (Å²) in [4.78, 5) is 78.9. The molecule has 8 aromatic rings. The van der Waals surface area contributed by atoms with Gasteiger partial charge < -0.3 is 32.3 Å². The molecule has 22 nitrogen and oxygen atoms in total. The highest BCUT2D eigenvalue weighted by Gasteiger charge is 2.17. The number of hydrogen-bond acceptors (Lipinski definition) is 20. The fraction of sp³-hybridized carbons (Fsp3) is 0.182. The van der Waals surface area contributed by atoms with Gasteiger partial charge in [-0.05, 0) is 49.0 Å². The van der Waals surface area contributed by atoms with E-state index in [0.29, 0.717) is 65.7 Å². The van der Waals surface area contributed by atoms with Crippen LogP contribution in [0.25, 0.3) is 20.7 Å². The molecule has 0 aliphatic carbocycles. The normalized spacial score (nSPS) is 10.6. The molecule has 2 amide bonds. The van der Waals surface area contributed by atoms with Crippen LogP contribution in [-0.4, -0.2) is 81.2 Å². The van der Waals surface area contributed by atoms with E-state index in [-0.39, 0.29) is 59.7 Å². The van der Waals surface area contributed by atoms with Crippen LogP contribution in [0.15, 0.2) is 110 Å². The van der Waals surface area contributed by atoms with E-state index < -0.39 is 21.6 Å². The molecule has 0 bridgehead atoms. The lowest BCUT2D eigenvalue weighted by molar-refractivity contribution is -0.384. The summed E-state index contributed by atoms with van der Waals surface area (Å²) in [5.74, 6) is -0.461. The van der Waals surface area contributed by atoms with Crippen molar-refractivity contribution in [2.75, 3.05) is 40.9 Å². The quantitative estimate of drug-likeness (QED) is 0.0211. The number of para-hydroxylation sites is 4. The van der Waals surface area contributed by atoms with Crippen molar-refractivity contribution in [1.29, 1.82) is 0 Å². The number of pyridine rings is 2. The Bertz CT molecular complexity index is 3110. The van der Waals surface area contributed by atoms with Crippen molar-refractivity contribution in [3.63, 3.8) is 0 Å². The highest BCUT2D eigenvalue weighted by molar-refractivity contribution is 7.18. The number of carbonyl (C=O) groups is 2. The van der Waals surface area contributed by atoms with Gasteiger partial charge in [-0.1, -0.05) is 53.5 Å². The number of nitrogens with two attached hydrogens (primary N) is 1. The molecule has 70 heavy (non-hydrogen) atoms. The van der Waals surface area contributed by atoms with Gasteiger partial charge in [-0.15, -0.1) is 0 Å². The molecule has 0 atom stereocenters. The SMILES string of the molecule is C=CC(=O)Nc1ccccc1[N+](=O)[O-].NCCc1nc2c(NCc3ncccc3F)ncnc2s1.O=C(CCNCCc1nc2c(NCc3ncccc3F)ncnc2s1)Nc1ccccc1[N+](=O)[O-]. The van der Waals surface area contributed by atoms with E-state index in [4.69, 9.17) is 5.73 Å². The van der Waals surface area contributed by atoms with Crippen molar-refractivity contribution in [2.45, 2.75) is 32.4 Å². The Morgan fingerprint density at radius 2 is 1.17 bits per heavy atom. The molecule has 0 fully saturated rings. The third-order valence-corrected chi connectivity index (χ3v) is 11.4. The number of nitro groups is 2. The number of fused-ring (bicyclic) bond motifs is 2. The number of hydrogen-bond donors (Lipinski definition) is 6. The fourth-order valence-electron chi connectivity index (χ4n) is 6.02. The largest absolute Gasteiger partial charge is 0.362 e. The van der Waals surface area contributed by atoms with Crippen molar-refractivity contribution in [2.24, 2.45) is 5.73 Å². The first kappa shape index (κ1) is 50.9. The molecule has 0 spiro atoms. The molecule has 0 aliphatic rings. The van der Waals surface area contributed by atoms with Crippen molar-refractivity contribution in [1.82, 2.24) is 45.2 Å². The third-order valence-electron chi connectivity index (χ3n) is 9.32. The van der Waals surface area contributed by atoms with E-state index in [1.54, 1.807) is 30.5 Å². The summed E-state index contributed by atoms with van der Waals surface area (Å²) < 4.78 is 27.4. The minimum atomic E-state index is -0.557. The number of rotatable bonds is 19. The van der Waals surface area contributed by atoms with Gasteiger partial charge in [0, 0.05) is 56.9 Å². The van der Waals surface area contributed by atoms with E-state index in [1.807, 2.05) is 0 Å². The summed E-state index contributed by atoms with van der Waals surface area (Å²) in [5.41, 5.74) is 7.50. The van der Waals surface area contributed by atoms with Gasteiger partial charge in [0.2, 0.25) is 11.8 Å². The van der Waals surface area contributed by atoms with Gasteiger partial charge in [-0.3, -0.25) is 39.8 Å². The summed E-state index contributed by atoms with van der Waals surface area (Å²) >= 11 is 2.92. The van der Waals surface area contributed by atoms with Crippen LogP contribution in [0.5, 0.6) is 0 Å². The summed E-state index contributed by atoms with van der Waals surface area (Å²) in [7, 11) is 0. The molecule has 0 radical (unpaired) electrons. The van der Waals surface area contributed by atoms with Crippen LogP contribution in [0.3, 0.4) is 0 Å². The smallest absolute Gasteiger partial charge is 0.292 e. The van der Waals surface area contributed by atoms with Crippen molar-refractivity contribution >= 4 is 89.6 Å². The number of halogens is 2. The van der Waals surface area contributed by atoms with Crippen LogP contribution in [0.1, 0.15) is 27.8 Å². The van der Waals surface area contributed by atoms with Crippen LogP contribution in [0.4, 0.5) is 43.2 Å². The monoisotopic (exact) mass is 992 g/mol. The van der Waals surface area contributed by atoms with Gasteiger partial charge in [-0.25, -0.2) is 38.7 Å². The van der Waals surface area contributed by atoms with Gasteiger partial charge in [-0.2, -0.15) is 0 Å². The Morgan fingerprint density at radius 3 is 1.66 bits per heavy atom. The molecule has 360 valence electrons. The summed E-state index contributed by atoms with van der Waals surface area (Å²) in [6.07, 6.45) is 8.50. The van der Waals surface area contributed by atoms with Gasteiger partial charge in [0.25, 0.3) is 11.4 Å². The number of benzene rings is 2. The minimum absolute atomic E-state index is 0.136. The molecule has 6 aromatic heterocycles. The van der Waals surface area contributed by atoms with Crippen molar-refractivity contribution in [3.8, 4) is 0 Å². The second-order valence-electron chi connectivity index (χ2n) is 14.1. The summed E-state index contributed by atoms with van der Waals surface area (Å²) in [5, 5.41) is 37.5. The molecule has 0 aliphatic heterocycles. The molecule has 0 saturated heterocycles. The Balaban J connectivity index is 0.000000193. The first-order valence-electron chi connectivity index (χ1n) is 20.9. The highest BCUT2D eigenvalue weighted by atomic mass is 32.1. The topological polar surface area (TPSA) is 310 Å². The molecule has 6 heterocycles. The molecular weight excluding hydrogens is 951 g/mol. The molecule has 7 N–H and O–H groups in total. The molecule has 2 aromatic carbocycles. The number of thiazole rings is 2. The number of anilines is 4. The van der Waals surface area contributed by atoms with Gasteiger partial charge in [0.1, 0.15) is 56.4 Å². The first-order valence-corrected chi connectivity index (χ1v) is 22.6. The Hall–Kier alpha value is -8.46. The lowest BCUT2D eigenvalue weighted by atomic mass is 10.2. The number of amides is 2. The van der Waals surface area contributed by atoms with E-state index in [2.05, 4.69) is 73.0 Å². The van der Waals surface area contributed by atoms with E-state index in [0.717, 1.165) is 20.9 Å². The fourth-order valence-corrected chi connectivity index (χ4v) is 7.84. The number of aromatic nitrogens is 8. The maximum Gasteiger partial charge on any atom is 0.292 e. The molecule has 26 heteroatoms. The Kier molecular flexibility index (Phi) is 18.6. The van der Waals surface area contributed by atoms with E-state index >= 15 is 0 Å². The lowest BCUT2D eigenvalue weighted by Crippen LogP contribution is -2.23. The predicted octanol–water partition coefficient (Wildman–Crippen LogP) is 6.75. The van der Waals surface area contributed by atoms with Crippen LogP contribution in [0, 0.1) is 31.9 Å². The number of nitro benzene ring substituents is 2. The maximum absolute atomic E-state index is 13.8. The van der Waals surface area contributed by atoms with Crippen LogP contribution in [-0.2, 0) is 35.5 Å². The van der Waals surface area contributed by atoms with Gasteiger partial charge >= 0.3 is 0 Å². The average molecular weight is 993 g/mol. The molecule has 8 rings (SSSR count). The second-order valence-corrected chi connectivity index (χ2v) is 16.2. The van der Waals surface area contributed by atoms with E-state index in [9.17, 15) is 38.6 Å². The standard InChI is InChI=1S/C22H21FN8O3S.C13H13FN6S.C9H8N2O3/c23-14-4-3-9-25-16(14)12-26-21-20-22(28-13-27-21)35-19(30-20)8-11-24-10-7-18(32)29-15-5-1-2-6-17(15)31(33)34;14-8-2-1-5-16-9(8)6-17-12-11-13(19-7-18-12)21-10(20-11)3-4-15;1-2-9(12)10-7-5-3-4-6-8(7)11(13)14/h1-6,9,13,24H,7-8,10-12H2,(H,29,32)(H,26,27,28);1-2,5,7H,3-4,6,15H2,(H,17,18,19);2-6H,1H2,(H,10,12).